The average Bonchev–Trinajstić information content (AvgIpc) is 2.95. The average molecular weight is 379 g/mol. The van der Waals surface area contributed by atoms with Crippen molar-refractivity contribution in [1.29, 1.82) is 0 Å². The lowest BCUT2D eigenvalue weighted by Gasteiger charge is -2.38. The van der Waals surface area contributed by atoms with Gasteiger partial charge in [0.1, 0.15) is 5.69 Å². The van der Waals surface area contributed by atoms with Gasteiger partial charge < -0.3 is 19.7 Å². The number of nitrogens with one attached hydrogen (secondary N) is 1. The van der Waals surface area contributed by atoms with Crippen LogP contribution in [0.4, 0.5) is 0 Å². The molecular weight excluding hydrogens is 354 g/mol. The summed E-state index contributed by atoms with van der Waals surface area (Å²) in [6.07, 6.45) is 2.79. The SMILES string of the molecule is COc1ccc([C@H](NC(=O)c2c(C)c3ccccc3n2C)C2CC(O)C2)cn1. The zero-order chi connectivity index (χ0) is 19.8. The van der Waals surface area contributed by atoms with E-state index in [2.05, 4.69) is 10.3 Å². The number of amides is 1. The van der Waals surface area contributed by atoms with Crippen LogP contribution in [0.25, 0.3) is 10.9 Å². The lowest BCUT2D eigenvalue weighted by atomic mass is 9.75. The second kappa shape index (κ2) is 7.28. The van der Waals surface area contributed by atoms with Crippen LogP contribution in [0.15, 0.2) is 42.6 Å². The summed E-state index contributed by atoms with van der Waals surface area (Å²) in [5, 5.41) is 14.1. The maximum Gasteiger partial charge on any atom is 0.268 e. The highest BCUT2D eigenvalue weighted by molar-refractivity contribution is 6.01. The molecule has 1 aliphatic rings. The molecule has 1 amide bonds. The number of fused-ring (bicyclic) bond motifs is 1. The summed E-state index contributed by atoms with van der Waals surface area (Å²) in [4.78, 5) is 17.5. The molecule has 6 nitrogen and oxygen atoms in total. The molecule has 1 aromatic carbocycles. The molecule has 1 saturated carbocycles. The van der Waals surface area contributed by atoms with E-state index in [0.29, 0.717) is 24.4 Å². The van der Waals surface area contributed by atoms with Gasteiger partial charge in [-0.15, -0.1) is 0 Å². The predicted octanol–water partition coefficient (Wildman–Crippen LogP) is 3.13. The molecule has 0 unspecified atom stereocenters. The van der Waals surface area contributed by atoms with E-state index in [-0.39, 0.29) is 24.0 Å². The Morgan fingerprint density at radius 1 is 1.29 bits per heavy atom. The minimum atomic E-state index is -0.296. The number of hydrogen-bond donors (Lipinski definition) is 2. The Labute approximate surface area is 164 Å². The molecule has 4 rings (SSSR count). The number of aliphatic hydroxyl groups excluding tert-OH is 1. The molecule has 1 aliphatic carbocycles. The number of aliphatic hydroxyl groups is 1. The van der Waals surface area contributed by atoms with Crippen LogP contribution in [0.2, 0.25) is 0 Å². The molecular formula is C22H25N3O3. The van der Waals surface area contributed by atoms with E-state index in [1.807, 2.05) is 48.9 Å². The fourth-order valence-electron chi connectivity index (χ4n) is 4.19. The van der Waals surface area contributed by atoms with E-state index in [0.717, 1.165) is 22.0 Å². The van der Waals surface area contributed by atoms with Crippen molar-refractivity contribution < 1.29 is 14.6 Å². The first-order valence-electron chi connectivity index (χ1n) is 9.52. The van der Waals surface area contributed by atoms with Crippen molar-refractivity contribution in [3.63, 3.8) is 0 Å². The Kier molecular flexibility index (Phi) is 4.81. The summed E-state index contributed by atoms with van der Waals surface area (Å²) in [5.41, 5.74) is 3.58. The fraction of sp³-hybridized carbons (Fsp3) is 0.364. The number of aromatic nitrogens is 2. The monoisotopic (exact) mass is 379 g/mol. The van der Waals surface area contributed by atoms with Crippen molar-refractivity contribution in [3.05, 3.63) is 59.4 Å². The molecule has 0 spiro atoms. The fourth-order valence-corrected chi connectivity index (χ4v) is 4.19. The summed E-state index contributed by atoms with van der Waals surface area (Å²) in [5.74, 6) is 0.606. The van der Waals surface area contributed by atoms with Gasteiger partial charge in [-0.3, -0.25) is 4.79 Å². The van der Waals surface area contributed by atoms with Gasteiger partial charge in [0.2, 0.25) is 5.88 Å². The van der Waals surface area contributed by atoms with Gasteiger partial charge in [-0.05, 0) is 42.9 Å². The molecule has 146 valence electrons. The number of methoxy groups -OCH3 is 1. The smallest absolute Gasteiger partial charge is 0.268 e. The van der Waals surface area contributed by atoms with Crippen LogP contribution in [0.1, 0.15) is 40.5 Å². The number of para-hydroxylation sites is 1. The van der Waals surface area contributed by atoms with Crippen molar-refractivity contribution in [2.45, 2.75) is 31.9 Å². The van der Waals surface area contributed by atoms with Gasteiger partial charge in [-0.25, -0.2) is 4.98 Å². The number of nitrogens with zero attached hydrogens (tertiary/aromatic N) is 2. The van der Waals surface area contributed by atoms with Gasteiger partial charge in [0.15, 0.2) is 0 Å². The molecule has 28 heavy (non-hydrogen) atoms. The van der Waals surface area contributed by atoms with Crippen molar-refractivity contribution in [2.75, 3.05) is 7.11 Å². The van der Waals surface area contributed by atoms with Crippen LogP contribution in [-0.2, 0) is 7.05 Å². The van der Waals surface area contributed by atoms with Gasteiger partial charge in [0, 0.05) is 30.2 Å². The molecule has 0 bridgehead atoms. The summed E-state index contributed by atoms with van der Waals surface area (Å²) in [7, 11) is 3.49. The Hall–Kier alpha value is -2.86. The van der Waals surface area contributed by atoms with E-state index < -0.39 is 0 Å². The maximum absolute atomic E-state index is 13.2. The van der Waals surface area contributed by atoms with Gasteiger partial charge in [-0.2, -0.15) is 0 Å². The second-order valence-electron chi connectivity index (χ2n) is 7.52. The van der Waals surface area contributed by atoms with Crippen LogP contribution in [0.3, 0.4) is 0 Å². The van der Waals surface area contributed by atoms with E-state index in [1.165, 1.54) is 0 Å². The number of aryl methyl sites for hydroxylation is 2. The Balaban J connectivity index is 1.66. The van der Waals surface area contributed by atoms with Gasteiger partial charge in [0.25, 0.3) is 5.91 Å². The zero-order valence-electron chi connectivity index (χ0n) is 16.3. The van der Waals surface area contributed by atoms with Crippen LogP contribution < -0.4 is 10.1 Å². The lowest BCUT2D eigenvalue weighted by Crippen LogP contribution is -2.42. The number of rotatable bonds is 5. The number of benzene rings is 1. The highest BCUT2D eigenvalue weighted by Crippen LogP contribution is 2.38. The lowest BCUT2D eigenvalue weighted by molar-refractivity contribution is 0.0233. The number of carbonyl (C=O) groups excluding carboxylic acids is 1. The van der Waals surface area contributed by atoms with E-state index >= 15 is 0 Å². The number of ether oxygens (including phenoxy) is 1. The summed E-state index contributed by atoms with van der Waals surface area (Å²) in [6.45, 7) is 1.98. The van der Waals surface area contributed by atoms with E-state index in [1.54, 1.807) is 19.4 Å². The first kappa shape index (κ1) is 18.5. The zero-order valence-corrected chi connectivity index (χ0v) is 16.3. The van der Waals surface area contributed by atoms with Gasteiger partial charge in [-0.1, -0.05) is 24.3 Å². The third kappa shape index (κ3) is 3.14. The first-order valence-corrected chi connectivity index (χ1v) is 9.52. The van der Waals surface area contributed by atoms with Gasteiger partial charge in [0.05, 0.1) is 19.3 Å². The molecule has 2 N–H and O–H groups in total. The normalized spacial score (nSPS) is 19.9. The minimum Gasteiger partial charge on any atom is -0.481 e. The Morgan fingerprint density at radius 2 is 2.04 bits per heavy atom. The Bertz CT molecular complexity index is 965. The summed E-state index contributed by atoms with van der Waals surface area (Å²) >= 11 is 0. The molecule has 1 atom stereocenters. The van der Waals surface area contributed by atoms with Crippen LogP contribution in [0.5, 0.6) is 5.88 Å². The molecule has 1 fully saturated rings. The standard InChI is InChI=1S/C22H25N3O3/c1-13-17-6-4-5-7-18(17)25(2)21(13)22(27)24-20(15-10-16(26)11-15)14-8-9-19(28-3)23-12-14/h4-9,12,15-16,20,26H,10-11H2,1-3H3,(H,24,27)/t15?,16?,20-/m0/s1. The molecule has 0 aliphatic heterocycles. The van der Waals surface area contributed by atoms with Crippen LogP contribution in [0, 0.1) is 12.8 Å². The first-order chi connectivity index (χ1) is 13.5. The second-order valence-corrected chi connectivity index (χ2v) is 7.52. The van der Waals surface area contributed by atoms with Crippen LogP contribution in [-0.4, -0.2) is 33.8 Å². The van der Waals surface area contributed by atoms with E-state index in [4.69, 9.17) is 4.74 Å². The molecule has 6 heteroatoms. The third-order valence-corrected chi connectivity index (χ3v) is 5.81. The van der Waals surface area contributed by atoms with Crippen LogP contribution >= 0.6 is 0 Å². The molecule has 2 aromatic heterocycles. The molecule has 2 heterocycles. The minimum absolute atomic E-state index is 0.113. The highest BCUT2D eigenvalue weighted by atomic mass is 16.5. The topological polar surface area (TPSA) is 76.4 Å². The molecule has 0 radical (unpaired) electrons. The van der Waals surface area contributed by atoms with Gasteiger partial charge >= 0.3 is 0 Å². The third-order valence-electron chi connectivity index (χ3n) is 5.81. The highest BCUT2D eigenvalue weighted by Gasteiger charge is 2.36. The quantitative estimate of drug-likeness (QED) is 0.714. The van der Waals surface area contributed by atoms with Crippen molar-refractivity contribution in [1.82, 2.24) is 14.9 Å². The molecule has 3 aromatic rings. The number of pyridine rings is 1. The summed E-state index contributed by atoms with van der Waals surface area (Å²) in [6, 6.07) is 11.5. The van der Waals surface area contributed by atoms with E-state index in [9.17, 15) is 9.90 Å². The predicted molar refractivity (Wildman–Crippen MR) is 107 cm³/mol. The van der Waals surface area contributed by atoms with Crippen molar-refractivity contribution in [2.24, 2.45) is 13.0 Å². The number of carbonyl (C=O) groups is 1. The Morgan fingerprint density at radius 3 is 2.64 bits per heavy atom. The molecule has 0 saturated heterocycles. The summed E-state index contributed by atoms with van der Waals surface area (Å²) < 4.78 is 7.08. The number of hydrogen-bond acceptors (Lipinski definition) is 4. The van der Waals surface area contributed by atoms with Crippen molar-refractivity contribution >= 4 is 16.8 Å². The largest absolute Gasteiger partial charge is 0.481 e. The van der Waals surface area contributed by atoms with Crippen molar-refractivity contribution in [3.8, 4) is 5.88 Å². The maximum atomic E-state index is 13.2.